The number of nitrogens with zero attached hydrogens (tertiary/aromatic N) is 3. The molecule has 0 radical (unpaired) electrons. The summed E-state index contributed by atoms with van der Waals surface area (Å²) in [6, 6.07) is -0.686. The molecule has 0 aromatic carbocycles. The van der Waals surface area contributed by atoms with E-state index in [4.69, 9.17) is 4.98 Å². The molecule has 4 fully saturated rings. The molecule has 0 spiro atoms. The van der Waals surface area contributed by atoms with Gasteiger partial charge in [0, 0.05) is 54.7 Å². The first-order valence-corrected chi connectivity index (χ1v) is 14.6. The zero-order chi connectivity index (χ0) is 26.6. The minimum Gasteiger partial charge on any atom is -0.353 e. The molecule has 11 nitrogen and oxygen atoms in total. The molecule has 2 saturated heterocycles. The van der Waals surface area contributed by atoms with E-state index in [0.717, 1.165) is 57.3 Å². The molecule has 4 aliphatic rings. The Hall–Kier alpha value is -2.53. The van der Waals surface area contributed by atoms with Crippen LogP contribution in [0.3, 0.4) is 0 Å². The molecule has 4 atom stereocenters. The minimum atomic E-state index is -0.539. The predicted molar refractivity (Wildman–Crippen MR) is 142 cm³/mol. The van der Waals surface area contributed by atoms with Crippen LogP contribution in [0.5, 0.6) is 0 Å². The van der Waals surface area contributed by atoms with Gasteiger partial charge >= 0.3 is 0 Å². The van der Waals surface area contributed by atoms with Gasteiger partial charge in [-0.05, 0) is 64.0 Å². The van der Waals surface area contributed by atoms with Crippen molar-refractivity contribution in [2.45, 2.75) is 113 Å². The Morgan fingerprint density at radius 2 is 1.87 bits per heavy atom. The van der Waals surface area contributed by atoms with Gasteiger partial charge < -0.3 is 25.8 Å². The smallest absolute Gasteiger partial charge is 0.237 e. The zero-order valence-electron chi connectivity index (χ0n) is 22.5. The lowest BCUT2D eigenvalue weighted by Crippen LogP contribution is -2.47. The Balaban J connectivity index is 1.29. The molecule has 2 aliphatic carbocycles. The molecule has 3 unspecified atom stereocenters. The van der Waals surface area contributed by atoms with Gasteiger partial charge in [0.2, 0.25) is 17.9 Å². The van der Waals surface area contributed by atoms with E-state index >= 15 is 0 Å². The summed E-state index contributed by atoms with van der Waals surface area (Å²) in [6.45, 7) is 1.78. The molecule has 1 aromatic rings. The Morgan fingerprint density at radius 1 is 1.13 bits per heavy atom. The van der Waals surface area contributed by atoms with Crippen LogP contribution in [0.15, 0.2) is 6.20 Å². The average molecular weight is 530 g/mol. The zero-order valence-corrected chi connectivity index (χ0v) is 22.5. The topological polar surface area (TPSA) is 143 Å². The summed E-state index contributed by atoms with van der Waals surface area (Å²) in [5.74, 6) is 1.27. The van der Waals surface area contributed by atoms with Crippen LogP contribution in [-0.4, -0.2) is 63.5 Å². The molecule has 0 bridgehead atoms. The second kappa shape index (κ2) is 12.1. The van der Waals surface area contributed by atoms with Crippen LogP contribution < -0.4 is 21.3 Å². The van der Waals surface area contributed by atoms with Crippen molar-refractivity contribution in [2.75, 3.05) is 13.1 Å². The third-order valence-electron chi connectivity index (χ3n) is 9.37. The third-order valence-corrected chi connectivity index (χ3v) is 9.37. The van der Waals surface area contributed by atoms with E-state index in [9.17, 15) is 19.7 Å². The normalized spacial score (nSPS) is 30.8. The van der Waals surface area contributed by atoms with Gasteiger partial charge in [0.1, 0.15) is 5.82 Å². The van der Waals surface area contributed by atoms with Crippen LogP contribution in [0.4, 0.5) is 0 Å². The molecule has 5 rings (SSSR count). The van der Waals surface area contributed by atoms with Gasteiger partial charge in [-0.2, -0.15) is 0 Å². The SMILES string of the molecule is Cn1c(C2CCC([N+](=O)[O-])CC2)cnc1[C@H](CC(=O)NC1CCNCC1)NC(=O)C1CC2CCCCC2N1. The van der Waals surface area contributed by atoms with Crippen LogP contribution >= 0.6 is 0 Å². The summed E-state index contributed by atoms with van der Waals surface area (Å²) in [6.07, 6.45) is 12.0. The van der Waals surface area contributed by atoms with Crippen molar-refractivity contribution in [2.24, 2.45) is 13.0 Å². The first-order valence-electron chi connectivity index (χ1n) is 14.6. The largest absolute Gasteiger partial charge is 0.353 e. The highest BCUT2D eigenvalue weighted by molar-refractivity contribution is 5.84. The lowest BCUT2D eigenvalue weighted by atomic mass is 9.84. The predicted octanol–water partition coefficient (Wildman–Crippen LogP) is 2.06. The highest BCUT2D eigenvalue weighted by Gasteiger charge is 2.39. The molecule has 2 saturated carbocycles. The number of piperidine rings is 1. The Labute approximate surface area is 224 Å². The third kappa shape index (κ3) is 6.20. The van der Waals surface area contributed by atoms with Crippen molar-refractivity contribution in [3.05, 3.63) is 27.8 Å². The number of carbonyl (C=O) groups excluding carboxylic acids is 2. The maximum atomic E-state index is 13.4. The molecule has 11 heteroatoms. The number of amides is 2. The first-order chi connectivity index (χ1) is 18.4. The van der Waals surface area contributed by atoms with E-state index in [0.29, 0.717) is 30.6 Å². The van der Waals surface area contributed by atoms with Crippen LogP contribution in [0, 0.1) is 16.0 Å². The van der Waals surface area contributed by atoms with E-state index in [2.05, 4.69) is 21.3 Å². The number of hydrogen-bond acceptors (Lipinski definition) is 7. The van der Waals surface area contributed by atoms with E-state index in [1.165, 1.54) is 19.3 Å². The van der Waals surface area contributed by atoms with Gasteiger partial charge in [-0.15, -0.1) is 0 Å². The van der Waals surface area contributed by atoms with Crippen molar-refractivity contribution in [3.63, 3.8) is 0 Å². The highest BCUT2D eigenvalue weighted by Crippen LogP contribution is 2.36. The van der Waals surface area contributed by atoms with Crippen molar-refractivity contribution in [1.29, 1.82) is 0 Å². The first kappa shape index (κ1) is 27.1. The standard InChI is InChI=1S/C27H43N7O4/c1-33-24(17-6-8-20(9-7-17)34(37)38)16-29-26(33)22(15-25(35)30-19-10-12-28-13-11-19)32-27(36)23-14-18-4-2-3-5-21(18)31-23/h16-23,28,31H,2-15H2,1H3,(H,30,35)(H,32,36)/t17?,18?,20?,21?,22-,23?/m0/s1. The monoisotopic (exact) mass is 529 g/mol. The van der Waals surface area contributed by atoms with E-state index in [1.807, 2.05) is 17.8 Å². The number of nitro groups is 1. The summed E-state index contributed by atoms with van der Waals surface area (Å²) in [4.78, 5) is 42.3. The fourth-order valence-corrected chi connectivity index (χ4v) is 7.16. The number of aromatic nitrogens is 2. The quantitative estimate of drug-likeness (QED) is 0.298. The van der Waals surface area contributed by atoms with Crippen LogP contribution in [0.2, 0.25) is 0 Å². The second-order valence-electron chi connectivity index (χ2n) is 11.9. The minimum absolute atomic E-state index is 0.0601. The maximum Gasteiger partial charge on any atom is 0.237 e. The van der Waals surface area contributed by atoms with Gasteiger partial charge in [0.15, 0.2) is 0 Å². The van der Waals surface area contributed by atoms with Crippen molar-refractivity contribution >= 4 is 11.8 Å². The number of imidazole rings is 1. The van der Waals surface area contributed by atoms with E-state index < -0.39 is 12.1 Å². The summed E-state index contributed by atoms with van der Waals surface area (Å²) in [5.41, 5.74) is 1.02. The summed E-state index contributed by atoms with van der Waals surface area (Å²) in [7, 11) is 1.93. The molecule has 1 aromatic heterocycles. The summed E-state index contributed by atoms with van der Waals surface area (Å²) >= 11 is 0. The molecule has 4 N–H and O–H groups in total. The summed E-state index contributed by atoms with van der Waals surface area (Å²) < 4.78 is 2.00. The number of hydrogen-bond donors (Lipinski definition) is 4. The number of rotatable bonds is 8. The Morgan fingerprint density at radius 3 is 2.58 bits per heavy atom. The molecule has 2 aliphatic heterocycles. The molecule has 210 valence electrons. The fourth-order valence-electron chi connectivity index (χ4n) is 7.16. The average Bonchev–Trinajstić information content (AvgIpc) is 3.52. The molecule has 2 amide bonds. The lowest BCUT2D eigenvalue weighted by Gasteiger charge is -2.27. The van der Waals surface area contributed by atoms with Gasteiger partial charge in [-0.1, -0.05) is 12.8 Å². The Bertz CT molecular complexity index is 986. The molecule has 3 heterocycles. The van der Waals surface area contributed by atoms with Crippen LogP contribution in [0.25, 0.3) is 0 Å². The molecular weight excluding hydrogens is 486 g/mol. The van der Waals surface area contributed by atoms with Gasteiger partial charge in [-0.25, -0.2) is 4.98 Å². The van der Waals surface area contributed by atoms with Gasteiger partial charge in [0.05, 0.1) is 18.5 Å². The van der Waals surface area contributed by atoms with Crippen molar-refractivity contribution in [3.8, 4) is 0 Å². The molecular formula is C27H43N7O4. The second-order valence-corrected chi connectivity index (χ2v) is 11.9. The molecule has 38 heavy (non-hydrogen) atoms. The number of carbonyl (C=O) groups is 2. The van der Waals surface area contributed by atoms with Crippen LogP contribution in [-0.2, 0) is 16.6 Å². The number of nitrogens with one attached hydrogen (secondary N) is 4. The van der Waals surface area contributed by atoms with Gasteiger partial charge in [-0.3, -0.25) is 19.7 Å². The Kier molecular flexibility index (Phi) is 8.62. The fraction of sp³-hybridized carbons (Fsp3) is 0.815. The summed E-state index contributed by atoms with van der Waals surface area (Å²) in [5, 5.41) is 24.4. The lowest BCUT2D eigenvalue weighted by molar-refractivity contribution is -0.526. The number of fused-ring (bicyclic) bond motifs is 1. The van der Waals surface area contributed by atoms with E-state index in [1.54, 1.807) is 0 Å². The van der Waals surface area contributed by atoms with Crippen molar-refractivity contribution in [1.82, 2.24) is 30.8 Å². The van der Waals surface area contributed by atoms with Gasteiger partial charge in [0.25, 0.3) is 0 Å². The highest BCUT2D eigenvalue weighted by atomic mass is 16.6. The van der Waals surface area contributed by atoms with Crippen molar-refractivity contribution < 1.29 is 14.5 Å². The van der Waals surface area contributed by atoms with E-state index in [-0.39, 0.29) is 41.2 Å². The maximum absolute atomic E-state index is 13.4. The van der Waals surface area contributed by atoms with Crippen LogP contribution in [0.1, 0.15) is 101 Å².